The number of aromatic nitrogens is 3. The molecule has 0 saturated carbocycles. The van der Waals surface area contributed by atoms with Crippen molar-refractivity contribution in [1.82, 2.24) is 14.4 Å². The number of halogens is 1. The number of hydrogen-bond acceptors (Lipinski definition) is 5. The maximum absolute atomic E-state index is 13.3. The van der Waals surface area contributed by atoms with Gasteiger partial charge in [0.05, 0.1) is 6.61 Å². The maximum atomic E-state index is 13.3. The Bertz CT molecular complexity index is 1100. The molecule has 1 amide bonds. The number of imidazole rings is 1. The molecule has 4 aromatic rings. The molecule has 0 unspecified atom stereocenters. The van der Waals surface area contributed by atoms with Crippen LogP contribution in [-0.2, 0) is 0 Å². The predicted molar refractivity (Wildman–Crippen MR) is 102 cm³/mol. The summed E-state index contributed by atoms with van der Waals surface area (Å²) >= 11 is 1.44. The van der Waals surface area contributed by atoms with Gasteiger partial charge in [-0.05, 0) is 43.3 Å². The Labute approximate surface area is 158 Å². The van der Waals surface area contributed by atoms with E-state index in [1.165, 1.54) is 23.5 Å². The number of pyridine rings is 1. The van der Waals surface area contributed by atoms with E-state index < -0.39 is 0 Å². The highest BCUT2D eigenvalue weighted by molar-refractivity contribution is 7.15. The van der Waals surface area contributed by atoms with Gasteiger partial charge in [-0.25, -0.2) is 14.4 Å². The van der Waals surface area contributed by atoms with Crippen molar-refractivity contribution in [3.05, 3.63) is 65.6 Å². The fourth-order valence-electron chi connectivity index (χ4n) is 2.70. The van der Waals surface area contributed by atoms with E-state index in [-0.39, 0.29) is 17.6 Å². The number of carbonyl (C=O) groups excluding carboxylic acids is 1. The molecule has 6 nitrogen and oxygen atoms in total. The van der Waals surface area contributed by atoms with Crippen molar-refractivity contribution in [2.75, 3.05) is 11.9 Å². The zero-order valence-electron chi connectivity index (χ0n) is 14.3. The molecule has 1 aromatic carbocycles. The van der Waals surface area contributed by atoms with Gasteiger partial charge in [0.2, 0.25) is 5.88 Å². The third kappa shape index (κ3) is 3.26. The van der Waals surface area contributed by atoms with E-state index in [9.17, 15) is 9.18 Å². The molecule has 0 aliphatic heterocycles. The highest BCUT2D eigenvalue weighted by Crippen LogP contribution is 2.31. The standard InChI is InChI=1S/C19H15FN4O2S/c1-2-26-18-14(4-3-9-21-18)17(25)23-16-15(12-5-7-13(20)8-6-12)22-19-24(16)10-11-27-19/h3-11H,2H2,1H3,(H,23,25). The van der Waals surface area contributed by atoms with Crippen molar-refractivity contribution in [3.8, 4) is 17.1 Å². The summed E-state index contributed by atoms with van der Waals surface area (Å²) in [6.45, 7) is 2.23. The molecule has 0 aliphatic rings. The van der Waals surface area contributed by atoms with Crippen molar-refractivity contribution in [1.29, 1.82) is 0 Å². The summed E-state index contributed by atoms with van der Waals surface area (Å²) in [5.74, 6) is 0.0889. The molecule has 27 heavy (non-hydrogen) atoms. The SMILES string of the molecule is CCOc1ncccc1C(=O)Nc1c(-c2ccc(F)cc2)nc2sccn12. The second kappa shape index (κ2) is 7.16. The predicted octanol–water partition coefficient (Wildman–Crippen LogP) is 4.25. The first-order valence-electron chi connectivity index (χ1n) is 8.28. The Balaban J connectivity index is 1.75. The Morgan fingerprint density at radius 1 is 1.30 bits per heavy atom. The van der Waals surface area contributed by atoms with Gasteiger partial charge in [0.1, 0.15) is 22.9 Å². The minimum absolute atomic E-state index is 0.270. The van der Waals surface area contributed by atoms with E-state index in [1.807, 2.05) is 18.5 Å². The molecule has 0 saturated heterocycles. The average molecular weight is 382 g/mol. The molecule has 136 valence electrons. The van der Waals surface area contributed by atoms with Crippen LogP contribution in [-0.4, -0.2) is 26.9 Å². The number of fused-ring (bicyclic) bond motifs is 1. The van der Waals surface area contributed by atoms with Crippen molar-refractivity contribution in [2.24, 2.45) is 0 Å². The zero-order chi connectivity index (χ0) is 18.8. The van der Waals surface area contributed by atoms with Crippen LogP contribution in [0.4, 0.5) is 10.2 Å². The number of thiazole rings is 1. The number of anilines is 1. The number of ether oxygens (including phenoxy) is 1. The lowest BCUT2D eigenvalue weighted by Crippen LogP contribution is -2.16. The summed E-state index contributed by atoms with van der Waals surface area (Å²) in [4.78, 5) is 22.3. The second-order valence-corrected chi connectivity index (χ2v) is 6.49. The average Bonchev–Trinajstić information content (AvgIpc) is 3.26. The van der Waals surface area contributed by atoms with Gasteiger partial charge in [0.15, 0.2) is 4.96 Å². The fourth-order valence-corrected chi connectivity index (χ4v) is 3.42. The quantitative estimate of drug-likeness (QED) is 0.560. The van der Waals surface area contributed by atoms with Gasteiger partial charge >= 0.3 is 0 Å². The number of nitrogens with zero attached hydrogens (tertiary/aromatic N) is 3. The summed E-state index contributed by atoms with van der Waals surface area (Å²) in [7, 11) is 0. The van der Waals surface area contributed by atoms with E-state index in [4.69, 9.17) is 4.74 Å². The third-order valence-corrected chi connectivity index (χ3v) is 4.67. The van der Waals surface area contributed by atoms with Gasteiger partial charge in [-0.2, -0.15) is 0 Å². The van der Waals surface area contributed by atoms with Crippen LogP contribution < -0.4 is 10.1 Å². The van der Waals surface area contributed by atoms with Crippen LogP contribution >= 0.6 is 11.3 Å². The summed E-state index contributed by atoms with van der Waals surface area (Å²) in [5.41, 5.74) is 1.60. The van der Waals surface area contributed by atoms with Gasteiger partial charge in [0, 0.05) is 23.3 Å². The molecule has 3 aromatic heterocycles. The summed E-state index contributed by atoms with van der Waals surface area (Å²) in [6, 6.07) is 9.32. The molecular weight excluding hydrogens is 367 g/mol. The Morgan fingerprint density at radius 3 is 2.89 bits per heavy atom. The first-order valence-corrected chi connectivity index (χ1v) is 9.16. The van der Waals surface area contributed by atoms with Gasteiger partial charge in [-0.3, -0.25) is 9.20 Å². The van der Waals surface area contributed by atoms with Crippen molar-refractivity contribution in [2.45, 2.75) is 6.92 Å². The molecule has 3 heterocycles. The number of rotatable bonds is 5. The largest absolute Gasteiger partial charge is 0.477 e. The summed E-state index contributed by atoms with van der Waals surface area (Å²) in [6.07, 6.45) is 3.39. The number of carbonyl (C=O) groups is 1. The number of amides is 1. The highest BCUT2D eigenvalue weighted by Gasteiger charge is 2.20. The highest BCUT2D eigenvalue weighted by atomic mass is 32.1. The molecule has 8 heteroatoms. The van der Waals surface area contributed by atoms with E-state index in [2.05, 4.69) is 15.3 Å². The van der Waals surface area contributed by atoms with E-state index in [1.54, 1.807) is 34.9 Å². The first-order chi connectivity index (χ1) is 13.2. The lowest BCUT2D eigenvalue weighted by molar-refractivity contribution is 0.102. The minimum atomic E-state index is -0.358. The third-order valence-electron chi connectivity index (χ3n) is 3.91. The van der Waals surface area contributed by atoms with E-state index in [0.29, 0.717) is 29.2 Å². The monoisotopic (exact) mass is 382 g/mol. The van der Waals surface area contributed by atoms with Crippen LogP contribution in [0.2, 0.25) is 0 Å². The van der Waals surface area contributed by atoms with Crippen LogP contribution in [0.25, 0.3) is 16.2 Å². The number of nitrogens with one attached hydrogen (secondary N) is 1. The zero-order valence-corrected chi connectivity index (χ0v) is 15.2. The fraction of sp³-hybridized carbons (Fsp3) is 0.105. The number of hydrogen-bond donors (Lipinski definition) is 1. The molecular formula is C19H15FN4O2S. The molecule has 0 bridgehead atoms. The Morgan fingerprint density at radius 2 is 2.11 bits per heavy atom. The second-order valence-electron chi connectivity index (χ2n) is 5.61. The molecule has 0 fully saturated rings. The normalized spacial score (nSPS) is 10.9. The maximum Gasteiger partial charge on any atom is 0.262 e. The molecule has 1 N–H and O–H groups in total. The molecule has 4 rings (SSSR count). The van der Waals surface area contributed by atoms with Gasteiger partial charge in [-0.15, -0.1) is 11.3 Å². The summed E-state index contributed by atoms with van der Waals surface area (Å²) in [5, 5.41) is 4.78. The van der Waals surface area contributed by atoms with E-state index >= 15 is 0 Å². The Hall–Kier alpha value is -3.26. The lowest BCUT2D eigenvalue weighted by atomic mass is 10.1. The minimum Gasteiger partial charge on any atom is -0.477 e. The van der Waals surface area contributed by atoms with Crippen LogP contribution in [0.15, 0.2) is 54.2 Å². The molecule has 0 aliphatic carbocycles. The topological polar surface area (TPSA) is 68.5 Å². The van der Waals surface area contributed by atoms with Crippen LogP contribution in [0.3, 0.4) is 0 Å². The van der Waals surface area contributed by atoms with Gasteiger partial charge in [-0.1, -0.05) is 0 Å². The van der Waals surface area contributed by atoms with Crippen LogP contribution in [0.5, 0.6) is 5.88 Å². The van der Waals surface area contributed by atoms with Crippen molar-refractivity contribution >= 4 is 28.0 Å². The van der Waals surface area contributed by atoms with Gasteiger partial charge in [0.25, 0.3) is 5.91 Å². The van der Waals surface area contributed by atoms with Crippen molar-refractivity contribution in [3.63, 3.8) is 0 Å². The summed E-state index contributed by atoms with van der Waals surface area (Å²) < 4.78 is 20.5. The van der Waals surface area contributed by atoms with Crippen molar-refractivity contribution < 1.29 is 13.9 Å². The smallest absolute Gasteiger partial charge is 0.262 e. The number of benzene rings is 1. The van der Waals surface area contributed by atoms with Crippen LogP contribution in [0.1, 0.15) is 17.3 Å². The van der Waals surface area contributed by atoms with Gasteiger partial charge < -0.3 is 10.1 Å². The Kier molecular flexibility index (Phi) is 4.55. The van der Waals surface area contributed by atoms with Crippen LogP contribution in [0, 0.1) is 5.82 Å². The lowest BCUT2D eigenvalue weighted by Gasteiger charge is -2.10. The molecule has 0 atom stereocenters. The van der Waals surface area contributed by atoms with E-state index in [0.717, 1.165) is 4.96 Å². The first kappa shape index (κ1) is 17.2. The molecule has 0 radical (unpaired) electrons. The molecule has 0 spiro atoms.